The molecule has 0 heterocycles. The van der Waals surface area contributed by atoms with E-state index in [-0.39, 0.29) is 17.6 Å². The van der Waals surface area contributed by atoms with E-state index >= 15 is 0 Å². The molecular formula is C13H16N2O4. The second-order valence-corrected chi connectivity index (χ2v) is 4.89. The Bertz CT molecular complexity index is 482. The normalized spacial score (nSPS) is 17.7. The molecule has 19 heavy (non-hydrogen) atoms. The molecule has 2 unspecified atom stereocenters. The molecule has 6 heteroatoms. The van der Waals surface area contributed by atoms with Crippen LogP contribution < -0.4 is 5.32 Å². The van der Waals surface area contributed by atoms with Crippen LogP contribution in [0.3, 0.4) is 0 Å². The van der Waals surface area contributed by atoms with Crippen molar-refractivity contribution in [2.45, 2.75) is 31.8 Å². The van der Waals surface area contributed by atoms with Crippen LogP contribution in [0.2, 0.25) is 0 Å². The number of carboxylic acids is 1. The number of carbonyl (C=O) groups is 1. The van der Waals surface area contributed by atoms with Crippen LogP contribution in [-0.4, -0.2) is 22.0 Å². The SMILES string of the molecule is CC(NC(C(=O)O)C1CC1)c1ccc([N+](=O)[O-])cc1. The van der Waals surface area contributed by atoms with Crippen molar-refractivity contribution in [2.24, 2.45) is 5.92 Å². The van der Waals surface area contributed by atoms with Gasteiger partial charge in [-0.05, 0) is 31.2 Å². The van der Waals surface area contributed by atoms with Crippen LogP contribution in [0.15, 0.2) is 24.3 Å². The largest absolute Gasteiger partial charge is 0.480 e. The molecule has 1 aliphatic rings. The average molecular weight is 264 g/mol. The van der Waals surface area contributed by atoms with Gasteiger partial charge in [-0.3, -0.25) is 20.2 Å². The van der Waals surface area contributed by atoms with E-state index in [4.69, 9.17) is 5.11 Å². The van der Waals surface area contributed by atoms with Gasteiger partial charge in [-0.25, -0.2) is 0 Å². The summed E-state index contributed by atoms with van der Waals surface area (Å²) in [5.41, 5.74) is 0.880. The monoisotopic (exact) mass is 264 g/mol. The van der Waals surface area contributed by atoms with E-state index in [1.807, 2.05) is 6.92 Å². The minimum Gasteiger partial charge on any atom is -0.480 e. The first-order valence-corrected chi connectivity index (χ1v) is 6.22. The van der Waals surface area contributed by atoms with Crippen molar-refractivity contribution in [1.29, 1.82) is 0 Å². The van der Waals surface area contributed by atoms with Crippen molar-refractivity contribution in [3.8, 4) is 0 Å². The molecule has 102 valence electrons. The minimum absolute atomic E-state index is 0.0351. The van der Waals surface area contributed by atoms with E-state index in [2.05, 4.69) is 5.32 Å². The molecule has 1 fully saturated rings. The maximum atomic E-state index is 11.1. The van der Waals surface area contributed by atoms with Gasteiger partial charge in [0.2, 0.25) is 0 Å². The minimum atomic E-state index is -0.837. The smallest absolute Gasteiger partial charge is 0.320 e. The number of nitrogens with one attached hydrogen (secondary N) is 1. The number of nitrogens with zero attached hydrogens (tertiary/aromatic N) is 1. The number of hydrogen-bond acceptors (Lipinski definition) is 4. The molecule has 1 saturated carbocycles. The van der Waals surface area contributed by atoms with Crippen LogP contribution >= 0.6 is 0 Å². The molecule has 0 aromatic heterocycles. The number of hydrogen-bond donors (Lipinski definition) is 2. The molecule has 2 N–H and O–H groups in total. The van der Waals surface area contributed by atoms with Crippen molar-refractivity contribution in [2.75, 3.05) is 0 Å². The van der Waals surface area contributed by atoms with Crippen molar-refractivity contribution in [3.63, 3.8) is 0 Å². The van der Waals surface area contributed by atoms with Crippen molar-refractivity contribution in [1.82, 2.24) is 5.32 Å². The van der Waals surface area contributed by atoms with E-state index in [0.29, 0.717) is 0 Å². The summed E-state index contributed by atoms with van der Waals surface area (Å²) in [7, 11) is 0. The highest BCUT2D eigenvalue weighted by Crippen LogP contribution is 2.34. The molecule has 1 aliphatic carbocycles. The molecule has 2 rings (SSSR count). The molecule has 0 spiro atoms. The van der Waals surface area contributed by atoms with Crippen molar-refractivity contribution < 1.29 is 14.8 Å². The average Bonchev–Trinajstić information content (AvgIpc) is 3.19. The predicted molar refractivity (Wildman–Crippen MR) is 68.8 cm³/mol. The Morgan fingerprint density at radius 2 is 2.00 bits per heavy atom. The Balaban J connectivity index is 2.04. The van der Waals surface area contributed by atoms with Crippen molar-refractivity contribution in [3.05, 3.63) is 39.9 Å². The van der Waals surface area contributed by atoms with Crippen LogP contribution in [0, 0.1) is 16.0 Å². The van der Waals surface area contributed by atoms with Gasteiger partial charge in [0.1, 0.15) is 6.04 Å². The first kappa shape index (κ1) is 13.5. The highest BCUT2D eigenvalue weighted by atomic mass is 16.6. The zero-order valence-electron chi connectivity index (χ0n) is 10.6. The lowest BCUT2D eigenvalue weighted by Crippen LogP contribution is -2.39. The number of aliphatic carboxylic acids is 1. The lowest BCUT2D eigenvalue weighted by molar-refractivity contribution is -0.384. The van der Waals surface area contributed by atoms with E-state index in [1.165, 1.54) is 12.1 Å². The van der Waals surface area contributed by atoms with Crippen LogP contribution in [0.4, 0.5) is 5.69 Å². The molecule has 1 aromatic rings. The summed E-state index contributed by atoms with van der Waals surface area (Å²) < 4.78 is 0. The zero-order valence-corrected chi connectivity index (χ0v) is 10.6. The van der Waals surface area contributed by atoms with Gasteiger partial charge in [0.15, 0.2) is 0 Å². The Labute approximate surface area is 110 Å². The predicted octanol–water partition coefficient (Wildman–Crippen LogP) is 2.11. The number of nitro benzene ring substituents is 1. The summed E-state index contributed by atoms with van der Waals surface area (Å²) in [4.78, 5) is 21.2. The third kappa shape index (κ3) is 3.29. The highest BCUT2D eigenvalue weighted by Gasteiger charge is 2.36. The summed E-state index contributed by atoms with van der Waals surface area (Å²) in [5, 5.41) is 22.8. The fourth-order valence-corrected chi connectivity index (χ4v) is 2.09. The number of carboxylic acid groups (broad SMARTS) is 1. The fraction of sp³-hybridized carbons (Fsp3) is 0.462. The Morgan fingerprint density at radius 1 is 1.42 bits per heavy atom. The molecule has 6 nitrogen and oxygen atoms in total. The van der Waals surface area contributed by atoms with Crippen LogP contribution in [0.25, 0.3) is 0 Å². The molecule has 1 aromatic carbocycles. The summed E-state index contributed by atoms with van der Waals surface area (Å²) in [6, 6.07) is 5.48. The summed E-state index contributed by atoms with van der Waals surface area (Å²) in [5.74, 6) is -0.630. The van der Waals surface area contributed by atoms with Gasteiger partial charge in [-0.1, -0.05) is 12.1 Å². The second kappa shape index (κ2) is 5.36. The Hall–Kier alpha value is -1.95. The van der Waals surface area contributed by atoms with Gasteiger partial charge in [0, 0.05) is 18.2 Å². The standard InChI is InChI=1S/C13H16N2O4/c1-8(14-12(13(16)17)10-2-3-10)9-4-6-11(7-5-9)15(18)19/h4-8,10,12,14H,2-3H2,1H3,(H,16,17). The van der Waals surface area contributed by atoms with E-state index < -0.39 is 16.9 Å². The molecule has 0 amide bonds. The Kier molecular flexibility index (Phi) is 3.80. The molecule has 0 saturated heterocycles. The van der Waals surface area contributed by atoms with Gasteiger partial charge >= 0.3 is 5.97 Å². The number of benzene rings is 1. The lowest BCUT2D eigenvalue weighted by Gasteiger charge is -2.20. The molecule has 0 aliphatic heterocycles. The van der Waals surface area contributed by atoms with Gasteiger partial charge in [0.25, 0.3) is 5.69 Å². The summed E-state index contributed by atoms with van der Waals surface area (Å²) in [6.45, 7) is 1.86. The lowest BCUT2D eigenvalue weighted by atomic mass is 10.1. The van der Waals surface area contributed by atoms with Crippen molar-refractivity contribution >= 4 is 11.7 Å². The second-order valence-electron chi connectivity index (χ2n) is 4.89. The Morgan fingerprint density at radius 3 is 2.42 bits per heavy atom. The van der Waals surface area contributed by atoms with E-state index in [1.54, 1.807) is 12.1 Å². The van der Waals surface area contributed by atoms with Gasteiger partial charge in [-0.2, -0.15) is 0 Å². The summed E-state index contributed by atoms with van der Waals surface area (Å²) in [6.07, 6.45) is 1.88. The molecule has 0 radical (unpaired) electrons. The molecule has 0 bridgehead atoms. The number of non-ortho nitro benzene ring substituents is 1. The van der Waals surface area contributed by atoms with Crippen LogP contribution in [0.5, 0.6) is 0 Å². The van der Waals surface area contributed by atoms with Crippen LogP contribution in [-0.2, 0) is 4.79 Å². The van der Waals surface area contributed by atoms with Gasteiger partial charge in [0.05, 0.1) is 4.92 Å². The highest BCUT2D eigenvalue weighted by molar-refractivity contribution is 5.74. The first-order valence-electron chi connectivity index (χ1n) is 6.22. The zero-order chi connectivity index (χ0) is 14.0. The quantitative estimate of drug-likeness (QED) is 0.606. The maximum Gasteiger partial charge on any atom is 0.320 e. The molecule has 2 atom stereocenters. The van der Waals surface area contributed by atoms with E-state index in [0.717, 1.165) is 18.4 Å². The third-order valence-electron chi connectivity index (χ3n) is 3.39. The molecular weight excluding hydrogens is 248 g/mol. The summed E-state index contributed by atoms with van der Waals surface area (Å²) >= 11 is 0. The first-order chi connectivity index (χ1) is 8.99. The van der Waals surface area contributed by atoms with Crippen LogP contribution in [0.1, 0.15) is 31.4 Å². The topological polar surface area (TPSA) is 92.5 Å². The maximum absolute atomic E-state index is 11.1. The number of nitro groups is 1. The van der Waals surface area contributed by atoms with Gasteiger partial charge in [-0.15, -0.1) is 0 Å². The number of rotatable bonds is 6. The third-order valence-corrected chi connectivity index (χ3v) is 3.39. The van der Waals surface area contributed by atoms with Gasteiger partial charge < -0.3 is 5.11 Å². The fourth-order valence-electron chi connectivity index (χ4n) is 2.09. The van der Waals surface area contributed by atoms with E-state index in [9.17, 15) is 14.9 Å².